The number of aliphatic carboxylic acids is 1. The van der Waals surface area contributed by atoms with Crippen molar-refractivity contribution in [2.45, 2.75) is 25.8 Å². The van der Waals surface area contributed by atoms with Crippen LogP contribution in [0.15, 0.2) is 41.8 Å². The molecule has 1 unspecified atom stereocenters. The van der Waals surface area contributed by atoms with Crippen LogP contribution < -0.4 is 5.32 Å². The SMILES string of the molecule is CCc1ccsc1C(=O)NC(C)(C(=O)O)c1ccccc1. The van der Waals surface area contributed by atoms with E-state index in [4.69, 9.17) is 0 Å². The van der Waals surface area contributed by atoms with E-state index in [1.54, 1.807) is 24.3 Å². The number of rotatable bonds is 5. The van der Waals surface area contributed by atoms with Gasteiger partial charge in [0, 0.05) is 0 Å². The van der Waals surface area contributed by atoms with Gasteiger partial charge in [0.2, 0.25) is 0 Å². The van der Waals surface area contributed by atoms with E-state index >= 15 is 0 Å². The molecule has 0 aliphatic rings. The number of benzene rings is 1. The van der Waals surface area contributed by atoms with Gasteiger partial charge < -0.3 is 10.4 Å². The molecule has 5 heteroatoms. The van der Waals surface area contributed by atoms with Crippen LogP contribution in [0.5, 0.6) is 0 Å². The minimum absolute atomic E-state index is 0.351. The standard InChI is InChI=1S/C16H17NO3S/c1-3-11-9-10-21-13(11)14(18)17-16(2,15(19)20)12-7-5-4-6-8-12/h4-10H,3H2,1-2H3,(H,17,18)(H,19,20). The Bertz CT molecular complexity index is 651. The molecule has 0 saturated carbocycles. The minimum atomic E-state index is -1.45. The molecule has 1 amide bonds. The molecule has 110 valence electrons. The summed E-state index contributed by atoms with van der Waals surface area (Å²) in [4.78, 5) is 24.7. The van der Waals surface area contributed by atoms with Crippen molar-refractivity contribution in [3.63, 3.8) is 0 Å². The monoisotopic (exact) mass is 303 g/mol. The second kappa shape index (κ2) is 6.10. The number of thiophene rings is 1. The molecule has 1 heterocycles. The molecular formula is C16H17NO3S. The first-order valence-electron chi connectivity index (χ1n) is 6.67. The van der Waals surface area contributed by atoms with Gasteiger partial charge in [-0.1, -0.05) is 37.3 Å². The summed E-state index contributed by atoms with van der Waals surface area (Å²) in [7, 11) is 0. The van der Waals surface area contributed by atoms with E-state index in [1.165, 1.54) is 18.3 Å². The second-order valence-corrected chi connectivity index (χ2v) is 5.79. The summed E-state index contributed by atoms with van der Waals surface area (Å²) in [6.45, 7) is 3.47. The van der Waals surface area contributed by atoms with Crippen LogP contribution in [0.25, 0.3) is 0 Å². The van der Waals surface area contributed by atoms with Crippen LogP contribution in [0.4, 0.5) is 0 Å². The third kappa shape index (κ3) is 2.97. The van der Waals surface area contributed by atoms with E-state index in [0.717, 1.165) is 12.0 Å². The number of carbonyl (C=O) groups is 2. The summed E-state index contributed by atoms with van der Waals surface area (Å²) in [5.74, 6) is -1.44. The molecule has 0 radical (unpaired) electrons. The molecule has 1 aromatic heterocycles. The van der Waals surface area contributed by atoms with Crippen LogP contribution in [-0.2, 0) is 16.8 Å². The van der Waals surface area contributed by atoms with E-state index in [9.17, 15) is 14.7 Å². The summed E-state index contributed by atoms with van der Waals surface area (Å²) >= 11 is 1.32. The maximum absolute atomic E-state index is 12.4. The zero-order valence-electron chi connectivity index (χ0n) is 11.9. The molecular weight excluding hydrogens is 286 g/mol. The Hall–Kier alpha value is -2.14. The zero-order valence-corrected chi connectivity index (χ0v) is 12.7. The lowest BCUT2D eigenvalue weighted by molar-refractivity contribution is -0.144. The van der Waals surface area contributed by atoms with Crippen LogP contribution in [0, 0.1) is 0 Å². The van der Waals surface area contributed by atoms with Gasteiger partial charge in [-0.25, -0.2) is 4.79 Å². The van der Waals surface area contributed by atoms with Crippen molar-refractivity contribution in [1.82, 2.24) is 5.32 Å². The number of carboxylic acid groups (broad SMARTS) is 1. The molecule has 2 aromatic rings. The Morgan fingerprint density at radius 1 is 1.24 bits per heavy atom. The maximum atomic E-state index is 12.4. The summed E-state index contributed by atoms with van der Waals surface area (Å²) in [6, 6.07) is 10.6. The molecule has 2 rings (SSSR count). The van der Waals surface area contributed by atoms with Crippen LogP contribution in [-0.4, -0.2) is 17.0 Å². The molecule has 0 spiro atoms. The summed E-state index contributed by atoms with van der Waals surface area (Å²) in [6.07, 6.45) is 0.737. The fraction of sp³-hybridized carbons (Fsp3) is 0.250. The van der Waals surface area contributed by atoms with Crippen LogP contribution >= 0.6 is 11.3 Å². The Kier molecular flexibility index (Phi) is 4.43. The largest absolute Gasteiger partial charge is 0.479 e. The number of carbonyl (C=O) groups excluding carboxylic acids is 1. The van der Waals surface area contributed by atoms with Crippen LogP contribution in [0.2, 0.25) is 0 Å². The fourth-order valence-electron chi connectivity index (χ4n) is 2.12. The Morgan fingerprint density at radius 2 is 1.90 bits per heavy atom. The molecule has 4 nitrogen and oxygen atoms in total. The first kappa shape index (κ1) is 15.3. The molecule has 1 atom stereocenters. The van der Waals surface area contributed by atoms with Gasteiger partial charge in [0.25, 0.3) is 5.91 Å². The Labute approximate surface area is 127 Å². The van der Waals surface area contributed by atoms with Crippen molar-refractivity contribution in [1.29, 1.82) is 0 Å². The summed E-state index contributed by atoms with van der Waals surface area (Å²) < 4.78 is 0. The van der Waals surface area contributed by atoms with Crippen molar-refractivity contribution in [2.75, 3.05) is 0 Å². The lowest BCUT2D eigenvalue weighted by Gasteiger charge is -2.26. The number of hydrogen-bond donors (Lipinski definition) is 2. The fourth-order valence-corrected chi connectivity index (χ4v) is 3.01. The third-order valence-electron chi connectivity index (χ3n) is 3.48. The molecule has 0 fully saturated rings. The summed E-state index contributed by atoms with van der Waals surface area (Å²) in [5, 5.41) is 14.0. The van der Waals surface area contributed by atoms with Crippen molar-refractivity contribution < 1.29 is 14.7 Å². The van der Waals surface area contributed by atoms with E-state index in [1.807, 2.05) is 24.4 Å². The van der Waals surface area contributed by atoms with Gasteiger partial charge in [-0.05, 0) is 35.9 Å². The number of carboxylic acids is 1. The van der Waals surface area contributed by atoms with Gasteiger partial charge in [0.15, 0.2) is 5.54 Å². The highest BCUT2D eigenvalue weighted by Crippen LogP contribution is 2.24. The normalized spacial score (nSPS) is 13.4. The lowest BCUT2D eigenvalue weighted by atomic mass is 9.92. The quantitative estimate of drug-likeness (QED) is 0.892. The molecule has 1 aromatic carbocycles. The molecule has 21 heavy (non-hydrogen) atoms. The molecule has 0 aliphatic heterocycles. The van der Waals surface area contributed by atoms with Gasteiger partial charge >= 0.3 is 5.97 Å². The predicted molar refractivity (Wildman–Crippen MR) is 82.6 cm³/mol. The van der Waals surface area contributed by atoms with E-state index in [2.05, 4.69) is 5.32 Å². The van der Waals surface area contributed by atoms with E-state index < -0.39 is 11.5 Å². The molecule has 0 bridgehead atoms. The molecule has 0 saturated heterocycles. The van der Waals surface area contributed by atoms with Crippen molar-refractivity contribution in [2.24, 2.45) is 0 Å². The van der Waals surface area contributed by atoms with Crippen molar-refractivity contribution >= 4 is 23.2 Å². The van der Waals surface area contributed by atoms with E-state index in [-0.39, 0.29) is 5.91 Å². The maximum Gasteiger partial charge on any atom is 0.333 e. The average molecular weight is 303 g/mol. The van der Waals surface area contributed by atoms with Gasteiger partial charge in [-0.15, -0.1) is 11.3 Å². The summed E-state index contributed by atoms with van der Waals surface area (Å²) in [5.41, 5.74) is 0.0200. The number of amides is 1. The van der Waals surface area contributed by atoms with Crippen LogP contribution in [0.3, 0.4) is 0 Å². The van der Waals surface area contributed by atoms with Gasteiger partial charge in [0.05, 0.1) is 4.88 Å². The highest BCUT2D eigenvalue weighted by Gasteiger charge is 2.37. The minimum Gasteiger partial charge on any atom is -0.479 e. The molecule has 2 N–H and O–H groups in total. The number of aryl methyl sites for hydroxylation is 1. The number of hydrogen-bond acceptors (Lipinski definition) is 3. The lowest BCUT2D eigenvalue weighted by Crippen LogP contribution is -2.49. The predicted octanol–water partition coefficient (Wildman–Crippen LogP) is 3.04. The van der Waals surface area contributed by atoms with E-state index in [0.29, 0.717) is 10.4 Å². The zero-order chi connectivity index (χ0) is 15.5. The first-order chi connectivity index (χ1) is 9.99. The Morgan fingerprint density at radius 3 is 2.48 bits per heavy atom. The van der Waals surface area contributed by atoms with Gasteiger partial charge in [-0.2, -0.15) is 0 Å². The average Bonchev–Trinajstić information content (AvgIpc) is 2.96. The van der Waals surface area contributed by atoms with Crippen LogP contribution in [0.1, 0.15) is 34.6 Å². The smallest absolute Gasteiger partial charge is 0.333 e. The van der Waals surface area contributed by atoms with Gasteiger partial charge in [-0.3, -0.25) is 4.79 Å². The second-order valence-electron chi connectivity index (χ2n) is 4.88. The van der Waals surface area contributed by atoms with Crippen molar-refractivity contribution in [3.8, 4) is 0 Å². The Balaban J connectivity index is 2.33. The van der Waals surface area contributed by atoms with Gasteiger partial charge in [0.1, 0.15) is 0 Å². The highest BCUT2D eigenvalue weighted by atomic mass is 32.1. The number of nitrogens with one attached hydrogen (secondary N) is 1. The molecule has 0 aliphatic carbocycles. The highest BCUT2D eigenvalue weighted by molar-refractivity contribution is 7.12. The third-order valence-corrected chi connectivity index (χ3v) is 4.43. The topological polar surface area (TPSA) is 66.4 Å². The first-order valence-corrected chi connectivity index (χ1v) is 7.54. The van der Waals surface area contributed by atoms with Crippen molar-refractivity contribution in [3.05, 3.63) is 57.8 Å².